The van der Waals surface area contributed by atoms with Crippen LogP contribution in [0.5, 0.6) is 0 Å². The zero-order valence-electron chi connectivity index (χ0n) is 10.3. The van der Waals surface area contributed by atoms with Crippen LogP contribution in [0.25, 0.3) is 0 Å². The summed E-state index contributed by atoms with van der Waals surface area (Å²) in [6.45, 7) is 1.06. The molecule has 1 aliphatic rings. The maximum Gasteiger partial charge on any atom is 0.239 e. The number of nitrogens with zero attached hydrogens (tertiary/aromatic N) is 1. The molecule has 0 aliphatic carbocycles. The Morgan fingerprint density at radius 3 is 2.89 bits per heavy atom. The van der Waals surface area contributed by atoms with Crippen LogP contribution in [0.15, 0.2) is 28.7 Å². The van der Waals surface area contributed by atoms with Crippen molar-refractivity contribution in [3.8, 4) is 0 Å². The largest absolute Gasteiger partial charge is 0.392 e. The fourth-order valence-electron chi connectivity index (χ4n) is 2.13. The second kappa shape index (κ2) is 5.82. The number of aliphatic hydroxyl groups is 1. The highest BCUT2D eigenvalue weighted by Crippen LogP contribution is 2.18. The Kier molecular flexibility index (Phi) is 4.37. The van der Waals surface area contributed by atoms with Crippen molar-refractivity contribution in [2.45, 2.75) is 25.1 Å². The molecule has 5 heteroatoms. The highest BCUT2D eigenvalue weighted by atomic mass is 79.9. The van der Waals surface area contributed by atoms with E-state index in [0.29, 0.717) is 19.5 Å². The van der Waals surface area contributed by atoms with Crippen molar-refractivity contribution >= 4 is 21.8 Å². The lowest BCUT2D eigenvalue weighted by Gasteiger charge is -2.21. The van der Waals surface area contributed by atoms with Crippen LogP contribution in [0.2, 0.25) is 0 Å². The van der Waals surface area contributed by atoms with Crippen LogP contribution in [0.1, 0.15) is 12.0 Å². The van der Waals surface area contributed by atoms with Crippen molar-refractivity contribution in [3.63, 3.8) is 0 Å². The SMILES string of the molecule is CN(Cc1ccccc1Br)C(=O)[C@@H]1C[C@H](O)CN1. The smallest absolute Gasteiger partial charge is 0.239 e. The Balaban J connectivity index is 1.98. The van der Waals surface area contributed by atoms with Crippen LogP contribution in [0, 0.1) is 0 Å². The van der Waals surface area contributed by atoms with E-state index in [-0.39, 0.29) is 11.9 Å². The molecule has 1 aliphatic heterocycles. The van der Waals surface area contributed by atoms with E-state index in [1.54, 1.807) is 11.9 Å². The topological polar surface area (TPSA) is 52.6 Å². The average molecular weight is 313 g/mol. The van der Waals surface area contributed by atoms with Gasteiger partial charge in [-0.2, -0.15) is 0 Å². The lowest BCUT2D eigenvalue weighted by Crippen LogP contribution is -2.41. The number of hydrogen-bond donors (Lipinski definition) is 2. The normalized spacial score (nSPS) is 23.1. The summed E-state index contributed by atoms with van der Waals surface area (Å²) in [7, 11) is 1.79. The third kappa shape index (κ3) is 3.10. The molecule has 2 rings (SSSR count). The monoisotopic (exact) mass is 312 g/mol. The molecule has 0 aromatic heterocycles. The van der Waals surface area contributed by atoms with E-state index in [9.17, 15) is 9.90 Å². The van der Waals surface area contributed by atoms with E-state index in [2.05, 4.69) is 21.2 Å². The molecule has 1 aromatic carbocycles. The van der Waals surface area contributed by atoms with E-state index in [4.69, 9.17) is 0 Å². The van der Waals surface area contributed by atoms with Crippen LogP contribution in [-0.4, -0.2) is 41.7 Å². The van der Waals surface area contributed by atoms with Gasteiger partial charge in [-0.05, 0) is 18.1 Å². The molecule has 2 N–H and O–H groups in total. The quantitative estimate of drug-likeness (QED) is 0.880. The Bertz CT molecular complexity index is 439. The summed E-state index contributed by atoms with van der Waals surface area (Å²) in [6.07, 6.45) is 0.0925. The predicted molar refractivity (Wildman–Crippen MR) is 73.0 cm³/mol. The van der Waals surface area contributed by atoms with Gasteiger partial charge in [0.1, 0.15) is 0 Å². The van der Waals surface area contributed by atoms with E-state index in [1.807, 2.05) is 24.3 Å². The highest BCUT2D eigenvalue weighted by Gasteiger charge is 2.30. The fourth-order valence-corrected chi connectivity index (χ4v) is 2.54. The maximum atomic E-state index is 12.1. The van der Waals surface area contributed by atoms with Gasteiger partial charge in [0.05, 0.1) is 12.1 Å². The summed E-state index contributed by atoms with van der Waals surface area (Å²) in [5.74, 6) is 0.0299. The van der Waals surface area contributed by atoms with Crippen molar-refractivity contribution in [2.75, 3.05) is 13.6 Å². The Morgan fingerprint density at radius 2 is 2.28 bits per heavy atom. The number of nitrogens with one attached hydrogen (secondary N) is 1. The van der Waals surface area contributed by atoms with E-state index in [1.165, 1.54) is 0 Å². The van der Waals surface area contributed by atoms with Gasteiger partial charge < -0.3 is 15.3 Å². The molecule has 0 spiro atoms. The molecule has 1 fully saturated rings. The third-order valence-corrected chi connectivity index (χ3v) is 3.92. The zero-order valence-corrected chi connectivity index (χ0v) is 11.9. The fraction of sp³-hybridized carbons (Fsp3) is 0.462. The summed E-state index contributed by atoms with van der Waals surface area (Å²) in [5.41, 5.74) is 1.08. The van der Waals surface area contributed by atoms with Crippen LogP contribution in [-0.2, 0) is 11.3 Å². The van der Waals surface area contributed by atoms with Crippen LogP contribution in [0.3, 0.4) is 0 Å². The van der Waals surface area contributed by atoms with Gasteiger partial charge in [-0.25, -0.2) is 0 Å². The van der Waals surface area contributed by atoms with Crippen molar-refractivity contribution in [1.82, 2.24) is 10.2 Å². The number of halogens is 1. The number of carbonyl (C=O) groups excluding carboxylic acids is 1. The van der Waals surface area contributed by atoms with Gasteiger partial charge in [-0.3, -0.25) is 4.79 Å². The van der Waals surface area contributed by atoms with Crippen LogP contribution in [0.4, 0.5) is 0 Å². The van der Waals surface area contributed by atoms with Gasteiger partial charge in [0, 0.05) is 24.6 Å². The van der Waals surface area contributed by atoms with Crippen molar-refractivity contribution < 1.29 is 9.90 Å². The molecule has 98 valence electrons. The summed E-state index contributed by atoms with van der Waals surface area (Å²) in [5, 5.41) is 12.5. The summed E-state index contributed by atoms with van der Waals surface area (Å²) in [4.78, 5) is 13.8. The first-order valence-electron chi connectivity index (χ1n) is 5.97. The molecule has 4 nitrogen and oxygen atoms in total. The standard InChI is InChI=1S/C13H17BrN2O2/c1-16(8-9-4-2-3-5-11(9)14)13(18)12-6-10(17)7-15-12/h2-5,10,12,15,17H,6-8H2,1H3/t10-,12-/m0/s1. The number of amides is 1. The van der Waals surface area contributed by atoms with Crippen LogP contribution < -0.4 is 5.32 Å². The van der Waals surface area contributed by atoms with Gasteiger partial charge in [0.25, 0.3) is 0 Å². The van der Waals surface area contributed by atoms with Crippen molar-refractivity contribution in [3.05, 3.63) is 34.3 Å². The van der Waals surface area contributed by atoms with Gasteiger partial charge in [0.2, 0.25) is 5.91 Å². The molecule has 18 heavy (non-hydrogen) atoms. The number of rotatable bonds is 3. The number of aliphatic hydroxyl groups excluding tert-OH is 1. The highest BCUT2D eigenvalue weighted by molar-refractivity contribution is 9.10. The molecule has 2 atom stereocenters. The first-order chi connectivity index (χ1) is 8.58. The number of likely N-dealkylation sites (N-methyl/N-ethyl adjacent to an activating group) is 1. The molecular formula is C13H17BrN2O2. The second-order valence-electron chi connectivity index (χ2n) is 4.64. The van der Waals surface area contributed by atoms with Crippen molar-refractivity contribution in [2.24, 2.45) is 0 Å². The first-order valence-corrected chi connectivity index (χ1v) is 6.77. The summed E-state index contributed by atoms with van der Waals surface area (Å²) >= 11 is 3.47. The Labute approximate surface area is 115 Å². The minimum absolute atomic E-state index is 0.0299. The maximum absolute atomic E-state index is 12.1. The molecule has 0 unspecified atom stereocenters. The number of carbonyl (C=O) groups is 1. The second-order valence-corrected chi connectivity index (χ2v) is 5.49. The predicted octanol–water partition coefficient (Wildman–Crippen LogP) is 1.13. The van der Waals surface area contributed by atoms with Crippen LogP contribution >= 0.6 is 15.9 Å². The van der Waals surface area contributed by atoms with Gasteiger partial charge in [-0.1, -0.05) is 34.1 Å². The third-order valence-electron chi connectivity index (χ3n) is 3.15. The average Bonchev–Trinajstić information content (AvgIpc) is 2.78. The minimum atomic E-state index is -0.407. The van der Waals surface area contributed by atoms with E-state index < -0.39 is 6.10 Å². The molecule has 0 bridgehead atoms. The van der Waals surface area contributed by atoms with Crippen molar-refractivity contribution in [1.29, 1.82) is 0 Å². The number of benzene rings is 1. The zero-order chi connectivity index (χ0) is 13.1. The Hall–Kier alpha value is -0.910. The number of β-amino-alcohol motifs (C(OH)–C–C–N with tert-alkyl or cyclic N) is 1. The number of hydrogen-bond acceptors (Lipinski definition) is 3. The summed E-state index contributed by atoms with van der Waals surface area (Å²) < 4.78 is 1.00. The molecule has 1 saturated heterocycles. The van der Waals surface area contributed by atoms with E-state index in [0.717, 1.165) is 10.0 Å². The van der Waals surface area contributed by atoms with Gasteiger partial charge >= 0.3 is 0 Å². The van der Waals surface area contributed by atoms with E-state index >= 15 is 0 Å². The summed E-state index contributed by atoms with van der Waals surface area (Å²) in [6, 6.07) is 7.60. The van der Waals surface area contributed by atoms with Gasteiger partial charge in [-0.15, -0.1) is 0 Å². The molecule has 0 saturated carbocycles. The molecule has 1 amide bonds. The molecule has 0 radical (unpaired) electrons. The molecule has 1 heterocycles. The van der Waals surface area contributed by atoms with Gasteiger partial charge in [0.15, 0.2) is 0 Å². The minimum Gasteiger partial charge on any atom is -0.392 e. The molecule has 1 aromatic rings. The molecular weight excluding hydrogens is 296 g/mol. The lowest BCUT2D eigenvalue weighted by molar-refractivity contribution is -0.132. The lowest BCUT2D eigenvalue weighted by atomic mass is 10.1. The Morgan fingerprint density at radius 1 is 1.56 bits per heavy atom. The first kappa shape index (κ1) is 13.5.